The molecule has 0 unspecified atom stereocenters. The van der Waals surface area contributed by atoms with Crippen LogP contribution in [-0.4, -0.2) is 18.3 Å². The highest BCUT2D eigenvalue weighted by Gasteiger charge is 2.05. The second kappa shape index (κ2) is 5.51. The summed E-state index contributed by atoms with van der Waals surface area (Å²) in [4.78, 5) is 0. The molecule has 0 aliphatic carbocycles. The highest BCUT2D eigenvalue weighted by molar-refractivity contribution is 5.93. The maximum atomic E-state index is 8.89. The second-order valence-corrected chi connectivity index (χ2v) is 3.72. The Balaban J connectivity index is 2.61. The molecule has 0 saturated heterocycles. The molecule has 0 aliphatic heterocycles. The first kappa shape index (κ1) is 11.7. The standard InChI is InChI=1S/C15H16O2/c1-2-17-15-10-9-12-6-3-4-7-13(12)14(15)8-5-11-16/h3-10,16H,2,11H2,1H3. The summed E-state index contributed by atoms with van der Waals surface area (Å²) < 4.78 is 5.61. The van der Waals surface area contributed by atoms with Gasteiger partial charge in [-0.2, -0.15) is 0 Å². The molecule has 0 fully saturated rings. The second-order valence-electron chi connectivity index (χ2n) is 3.72. The van der Waals surface area contributed by atoms with Crippen LogP contribution in [0.5, 0.6) is 5.75 Å². The number of benzene rings is 2. The number of hydrogen-bond donors (Lipinski definition) is 1. The molecule has 2 heteroatoms. The van der Waals surface area contributed by atoms with Crippen molar-refractivity contribution in [2.24, 2.45) is 0 Å². The number of rotatable bonds is 4. The molecule has 2 rings (SSSR count). The van der Waals surface area contributed by atoms with Crippen LogP contribution in [0.2, 0.25) is 0 Å². The Morgan fingerprint density at radius 1 is 1.18 bits per heavy atom. The molecular formula is C15H16O2. The Bertz CT molecular complexity index is 529. The van der Waals surface area contributed by atoms with E-state index < -0.39 is 0 Å². The zero-order chi connectivity index (χ0) is 12.1. The van der Waals surface area contributed by atoms with Crippen LogP contribution < -0.4 is 4.74 Å². The molecule has 2 aromatic carbocycles. The number of hydrogen-bond acceptors (Lipinski definition) is 2. The van der Waals surface area contributed by atoms with E-state index in [2.05, 4.69) is 18.2 Å². The van der Waals surface area contributed by atoms with E-state index in [4.69, 9.17) is 9.84 Å². The molecule has 88 valence electrons. The van der Waals surface area contributed by atoms with E-state index >= 15 is 0 Å². The Hall–Kier alpha value is -1.80. The summed E-state index contributed by atoms with van der Waals surface area (Å²) in [6.45, 7) is 2.64. The fraction of sp³-hybridized carbons (Fsp3) is 0.200. The predicted octanol–water partition coefficient (Wildman–Crippen LogP) is 3.24. The lowest BCUT2D eigenvalue weighted by Crippen LogP contribution is -1.94. The van der Waals surface area contributed by atoms with Crippen LogP contribution in [0, 0.1) is 0 Å². The van der Waals surface area contributed by atoms with Gasteiger partial charge in [0.15, 0.2) is 0 Å². The third kappa shape index (κ3) is 2.48. The Labute approximate surface area is 101 Å². The number of aliphatic hydroxyl groups excluding tert-OH is 1. The minimum absolute atomic E-state index is 0.0365. The molecule has 0 radical (unpaired) electrons. The topological polar surface area (TPSA) is 29.5 Å². The third-order valence-electron chi connectivity index (χ3n) is 2.62. The van der Waals surface area contributed by atoms with E-state index in [1.165, 1.54) is 5.39 Å². The van der Waals surface area contributed by atoms with Crippen LogP contribution >= 0.6 is 0 Å². The van der Waals surface area contributed by atoms with E-state index in [1.54, 1.807) is 6.08 Å². The summed E-state index contributed by atoms with van der Waals surface area (Å²) in [5.74, 6) is 0.857. The quantitative estimate of drug-likeness (QED) is 0.870. The highest BCUT2D eigenvalue weighted by Crippen LogP contribution is 2.29. The predicted molar refractivity (Wildman–Crippen MR) is 71.2 cm³/mol. The molecule has 1 N–H and O–H groups in total. The Kier molecular flexibility index (Phi) is 3.78. The van der Waals surface area contributed by atoms with Crippen LogP contribution in [0.3, 0.4) is 0 Å². The van der Waals surface area contributed by atoms with E-state index in [1.807, 2.05) is 31.2 Å². The fourth-order valence-corrected chi connectivity index (χ4v) is 1.90. The summed E-state index contributed by atoms with van der Waals surface area (Å²) in [5.41, 5.74) is 1.03. The minimum atomic E-state index is 0.0365. The molecule has 0 amide bonds. The first-order valence-electron chi connectivity index (χ1n) is 5.78. The van der Waals surface area contributed by atoms with Crippen molar-refractivity contribution in [1.29, 1.82) is 0 Å². The number of aliphatic hydroxyl groups is 1. The SMILES string of the molecule is CCOc1ccc2ccccc2c1C=CCO. The van der Waals surface area contributed by atoms with Gasteiger partial charge >= 0.3 is 0 Å². The van der Waals surface area contributed by atoms with Gasteiger partial charge < -0.3 is 9.84 Å². The van der Waals surface area contributed by atoms with Gasteiger partial charge in [-0.05, 0) is 23.8 Å². The van der Waals surface area contributed by atoms with Gasteiger partial charge in [-0.25, -0.2) is 0 Å². The van der Waals surface area contributed by atoms with Gasteiger partial charge in [0, 0.05) is 5.56 Å². The van der Waals surface area contributed by atoms with Crippen molar-refractivity contribution in [3.63, 3.8) is 0 Å². The van der Waals surface area contributed by atoms with Gasteiger partial charge in [0.25, 0.3) is 0 Å². The minimum Gasteiger partial charge on any atom is -0.493 e. The molecule has 17 heavy (non-hydrogen) atoms. The molecule has 0 heterocycles. The van der Waals surface area contributed by atoms with E-state index in [-0.39, 0.29) is 6.61 Å². The average Bonchev–Trinajstić information content (AvgIpc) is 2.37. The van der Waals surface area contributed by atoms with Crippen LogP contribution in [0.25, 0.3) is 16.8 Å². The van der Waals surface area contributed by atoms with Gasteiger partial charge in [0.1, 0.15) is 5.75 Å². The molecule has 0 saturated carbocycles. The summed E-state index contributed by atoms with van der Waals surface area (Å²) in [6, 6.07) is 12.2. The number of ether oxygens (including phenoxy) is 1. The monoisotopic (exact) mass is 228 g/mol. The smallest absolute Gasteiger partial charge is 0.127 e. The van der Waals surface area contributed by atoms with Crippen molar-refractivity contribution < 1.29 is 9.84 Å². The van der Waals surface area contributed by atoms with Crippen molar-refractivity contribution in [3.8, 4) is 5.75 Å². The van der Waals surface area contributed by atoms with Gasteiger partial charge in [0.05, 0.1) is 13.2 Å². The lowest BCUT2D eigenvalue weighted by Gasteiger charge is -2.10. The van der Waals surface area contributed by atoms with Crippen LogP contribution in [-0.2, 0) is 0 Å². The fourth-order valence-electron chi connectivity index (χ4n) is 1.90. The molecule has 2 nitrogen and oxygen atoms in total. The largest absolute Gasteiger partial charge is 0.493 e. The summed E-state index contributed by atoms with van der Waals surface area (Å²) >= 11 is 0. The van der Waals surface area contributed by atoms with Gasteiger partial charge in [-0.1, -0.05) is 42.5 Å². The maximum absolute atomic E-state index is 8.89. The van der Waals surface area contributed by atoms with E-state index in [0.717, 1.165) is 16.7 Å². The van der Waals surface area contributed by atoms with Crippen LogP contribution in [0.15, 0.2) is 42.5 Å². The summed E-state index contributed by atoms with van der Waals surface area (Å²) in [6.07, 6.45) is 3.64. The van der Waals surface area contributed by atoms with E-state index in [9.17, 15) is 0 Å². The summed E-state index contributed by atoms with van der Waals surface area (Å²) in [5, 5.41) is 11.2. The first-order valence-corrected chi connectivity index (χ1v) is 5.78. The Morgan fingerprint density at radius 2 is 2.00 bits per heavy atom. The van der Waals surface area contributed by atoms with Crippen LogP contribution in [0.4, 0.5) is 0 Å². The normalized spacial score (nSPS) is 11.2. The molecule has 0 aromatic heterocycles. The highest BCUT2D eigenvalue weighted by atomic mass is 16.5. The molecule has 0 spiro atoms. The molecule has 2 aromatic rings. The van der Waals surface area contributed by atoms with Crippen molar-refractivity contribution in [2.45, 2.75) is 6.92 Å². The van der Waals surface area contributed by atoms with Crippen molar-refractivity contribution >= 4 is 16.8 Å². The molecule has 0 atom stereocenters. The van der Waals surface area contributed by atoms with Crippen molar-refractivity contribution in [3.05, 3.63) is 48.0 Å². The maximum Gasteiger partial charge on any atom is 0.127 e. The van der Waals surface area contributed by atoms with Gasteiger partial charge in [0.2, 0.25) is 0 Å². The molecular weight excluding hydrogens is 212 g/mol. The lowest BCUT2D eigenvalue weighted by molar-refractivity contribution is 0.339. The van der Waals surface area contributed by atoms with Crippen LogP contribution in [0.1, 0.15) is 12.5 Å². The average molecular weight is 228 g/mol. The Morgan fingerprint density at radius 3 is 2.76 bits per heavy atom. The lowest BCUT2D eigenvalue weighted by atomic mass is 10.0. The zero-order valence-electron chi connectivity index (χ0n) is 9.89. The zero-order valence-corrected chi connectivity index (χ0v) is 9.89. The van der Waals surface area contributed by atoms with E-state index in [0.29, 0.717) is 6.61 Å². The summed E-state index contributed by atoms with van der Waals surface area (Å²) in [7, 11) is 0. The molecule has 0 aliphatic rings. The first-order chi connectivity index (χ1) is 8.36. The van der Waals surface area contributed by atoms with Gasteiger partial charge in [-0.15, -0.1) is 0 Å². The van der Waals surface area contributed by atoms with Crippen molar-refractivity contribution in [2.75, 3.05) is 13.2 Å². The van der Waals surface area contributed by atoms with Gasteiger partial charge in [-0.3, -0.25) is 0 Å². The molecule has 0 bridgehead atoms. The number of fused-ring (bicyclic) bond motifs is 1. The third-order valence-corrected chi connectivity index (χ3v) is 2.62. The van der Waals surface area contributed by atoms with Crippen molar-refractivity contribution in [1.82, 2.24) is 0 Å².